The molecule has 1 N–H and O–H groups in total. The summed E-state index contributed by atoms with van der Waals surface area (Å²) in [5.74, 6) is -0.529. The average molecular weight is 346 g/mol. The Morgan fingerprint density at radius 3 is 2.76 bits per heavy atom. The molecule has 0 atom stereocenters. The van der Waals surface area contributed by atoms with Crippen molar-refractivity contribution in [3.63, 3.8) is 0 Å². The number of nitro benzene ring substituents is 1. The molecule has 0 radical (unpaired) electrons. The lowest BCUT2D eigenvalue weighted by Crippen LogP contribution is -2.23. The van der Waals surface area contributed by atoms with E-state index in [2.05, 4.69) is 10.3 Å². The Labute approximate surface area is 133 Å². The number of nitrogens with one attached hydrogen (secondary N) is 1. The molecule has 2 aromatic rings. The summed E-state index contributed by atoms with van der Waals surface area (Å²) < 4.78 is 0. The molecule has 0 saturated carbocycles. The van der Waals surface area contributed by atoms with Crippen LogP contribution in [0.2, 0.25) is 10.0 Å². The fourth-order valence-corrected chi connectivity index (χ4v) is 2.72. The molecular weight excluding hydrogens is 337 g/mol. The van der Waals surface area contributed by atoms with Gasteiger partial charge in [0.25, 0.3) is 11.6 Å². The lowest BCUT2D eigenvalue weighted by molar-refractivity contribution is -0.384. The molecule has 1 aromatic heterocycles. The number of carbonyl (C=O) groups is 1. The third-order valence-electron chi connectivity index (χ3n) is 2.72. The summed E-state index contributed by atoms with van der Waals surface area (Å²) in [6, 6.07) is 2.21. The van der Waals surface area contributed by atoms with Crippen molar-refractivity contribution in [3.8, 4) is 0 Å². The summed E-state index contributed by atoms with van der Waals surface area (Å²) in [4.78, 5) is 27.2. The summed E-state index contributed by atoms with van der Waals surface area (Å²) in [7, 11) is 0. The number of hydrogen-bond donors (Lipinski definition) is 1. The molecule has 2 rings (SSSR count). The number of nitrogens with zero attached hydrogens (tertiary/aromatic N) is 2. The molecule has 0 aliphatic heterocycles. The van der Waals surface area contributed by atoms with Crippen molar-refractivity contribution in [1.82, 2.24) is 10.3 Å². The molecule has 0 saturated heterocycles. The van der Waals surface area contributed by atoms with Crippen LogP contribution < -0.4 is 5.32 Å². The number of hydrogen-bond acceptors (Lipinski definition) is 5. The largest absolute Gasteiger partial charge is 0.347 e. The van der Waals surface area contributed by atoms with Crippen LogP contribution in [0.1, 0.15) is 20.9 Å². The van der Waals surface area contributed by atoms with Crippen LogP contribution in [-0.4, -0.2) is 15.8 Å². The number of non-ortho nitro benzene ring substituents is 1. The number of nitro groups is 1. The highest BCUT2D eigenvalue weighted by atomic mass is 35.5. The Bertz CT molecular complexity index is 718. The van der Waals surface area contributed by atoms with E-state index < -0.39 is 10.8 Å². The molecule has 0 aliphatic rings. The minimum atomic E-state index is -0.633. The van der Waals surface area contributed by atoms with E-state index >= 15 is 0 Å². The molecule has 110 valence electrons. The van der Waals surface area contributed by atoms with Gasteiger partial charge in [0.1, 0.15) is 0 Å². The summed E-state index contributed by atoms with van der Waals surface area (Å²) in [5.41, 5.74) is 2.18. The van der Waals surface area contributed by atoms with E-state index in [1.54, 1.807) is 5.51 Å². The van der Waals surface area contributed by atoms with Gasteiger partial charge in [0.15, 0.2) is 0 Å². The van der Waals surface area contributed by atoms with Crippen LogP contribution in [0.15, 0.2) is 17.6 Å². The minimum absolute atomic E-state index is 0.0132. The Morgan fingerprint density at radius 1 is 1.48 bits per heavy atom. The van der Waals surface area contributed by atoms with E-state index in [1.807, 2.05) is 6.92 Å². The van der Waals surface area contributed by atoms with E-state index in [9.17, 15) is 14.9 Å². The number of benzene rings is 1. The van der Waals surface area contributed by atoms with Gasteiger partial charge in [-0.3, -0.25) is 14.9 Å². The first-order valence-corrected chi connectivity index (χ1v) is 7.34. The zero-order chi connectivity index (χ0) is 15.6. The standard InChI is InChI=1S/C12H9Cl2N3O3S/c1-6-10(21-5-16-6)4-15-12(18)8-2-7(17(19)20)3-9(13)11(8)14/h2-3,5H,4H2,1H3,(H,15,18). The van der Waals surface area contributed by atoms with Crippen LogP contribution in [0, 0.1) is 17.0 Å². The maximum atomic E-state index is 12.1. The number of thiazole rings is 1. The predicted molar refractivity (Wildman–Crippen MR) is 81.1 cm³/mol. The SMILES string of the molecule is Cc1ncsc1CNC(=O)c1cc([N+](=O)[O-])cc(Cl)c1Cl. The fraction of sp³-hybridized carbons (Fsp3) is 0.167. The summed E-state index contributed by atoms with van der Waals surface area (Å²) in [5, 5.41) is 13.4. The van der Waals surface area contributed by atoms with Gasteiger partial charge in [0.2, 0.25) is 0 Å². The first kappa shape index (κ1) is 15.7. The average Bonchev–Trinajstić information content (AvgIpc) is 2.84. The number of aryl methyl sites for hydroxylation is 1. The van der Waals surface area contributed by atoms with Crippen molar-refractivity contribution in [2.45, 2.75) is 13.5 Å². The molecule has 0 unspecified atom stereocenters. The van der Waals surface area contributed by atoms with Crippen molar-refractivity contribution >= 4 is 46.1 Å². The monoisotopic (exact) mass is 345 g/mol. The van der Waals surface area contributed by atoms with Gasteiger partial charge in [-0.05, 0) is 6.92 Å². The highest BCUT2D eigenvalue weighted by Gasteiger charge is 2.19. The number of halogens is 2. The lowest BCUT2D eigenvalue weighted by Gasteiger charge is -2.07. The summed E-state index contributed by atoms with van der Waals surface area (Å²) >= 11 is 13.1. The van der Waals surface area contributed by atoms with E-state index in [0.717, 1.165) is 22.7 Å². The van der Waals surface area contributed by atoms with Gasteiger partial charge in [-0.25, -0.2) is 4.98 Å². The van der Waals surface area contributed by atoms with Crippen LogP contribution in [0.3, 0.4) is 0 Å². The maximum Gasteiger partial charge on any atom is 0.271 e. The van der Waals surface area contributed by atoms with Crippen molar-refractivity contribution in [3.05, 3.63) is 53.9 Å². The highest BCUT2D eigenvalue weighted by Crippen LogP contribution is 2.30. The first-order valence-electron chi connectivity index (χ1n) is 5.70. The maximum absolute atomic E-state index is 12.1. The van der Waals surface area contributed by atoms with Gasteiger partial charge < -0.3 is 5.32 Å². The fourth-order valence-electron chi connectivity index (χ4n) is 1.60. The quantitative estimate of drug-likeness (QED) is 0.677. The van der Waals surface area contributed by atoms with E-state index in [0.29, 0.717) is 0 Å². The third-order valence-corrected chi connectivity index (χ3v) is 4.46. The molecule has 0 fully saturated rings. The van der Waals surface area contributed by atoms with Crippen LogP contribution in [0.4, 0.5) is 5.69 Å². The van der Waals surface area contributed by atoms with Gasteiger partial charge in [0, 0.05) is 17.0 Å². The molecular formula is C12H9Cl2N3O3S. The zero-order valence-electron chi connectivity index (χ0n) is 10.7. The molecule has 1 aromatic carbocycles. The topological polar surface area (TPSA) is 85.1 Å². The molecule has 1 heterocycles. The minimum Gasteiger partial charge on any atom is -0.347 e. The normalized spacial score (nSPS) is 10.4. The molecule has 21 heavy (non-hydrogen) atoms. The lowest BCUT2D eigenvalue weighted by atomic mass is 10.2. The van der Waals surface area contributed by atoms with Crippen LogP contribution in [-0.2, 0) is 6.54 Å². The smallest absolute Gasteiger partial charge is 0.271 e. The second kappa shape index (κ2) is 6.38. The molecule has 1 amide bonds. The molecule has 6 nitrogen and oxygen atoms in total. The molecule has 9 heteroatoms. The predicted octanol–water partition coefficient (Wildman–Crippen LogP) is 3.60. The molecule has 0 aliphatic carbocycles. The van der Waals surface area contributed by atoms with E-state index in [4.69, 9.17) is 23.2 Å². The third kappa shape index (κ3) is 3.49. The van der Waals surface area contributed by atoms with Crippen molar-refractivity contribution in [2.24, 2.45) is 0 Å². The Kier molecular flexibility index (Phi) is 4.76. The number of aromatic nitrogens is 1. The van der Waals surface area contributed by atoms with Gasteiger partial charge in [-0.1, -0.05) is 23.2 Å². The van der Waals surface area contributed by atoms with Gasteiger partial charge in [0.05, 0.1) is 38.3 Å². The van der Waals surface area contributed by atoms with Gasteiger partial charge >= 0.3 is 0 Å². The number of rotatable bonds is 4. The molecule has 0 bridgehead atoms. The Hall–Kier alpha value is -1.70. The highest BCUT2D eigenvalue weighted by molar-refractivity contribution is 7.09. The van der Waals surface area contributed by atoms with E-state index in [-0.39, 0.29) is 27.8 Å². The van der Waals surface area contributed by atoms with Crippen molar-refractivity contribution in [1.29, 1.82) is 0 Å². The molecule has 0 spiro atoms. The van der Waals surface area contributed by atoms with Crippen molar-refractivity contribution in [2.75, 3.05) is 0 Å². The Balaban J connectivity index is 2.22. The van der Waals surface area contributed by atoms with Crippen LogP contribution >= 0.6 is 34.5 Å². The summed E-state index contributed by atoms with van der Waals surface area (Å²) in [6.45, 7) is 2.10. The van der Waals surface area contributed by atoms with Gasteiger partial charge in [-0.15, -0.1) is 11.3 Å². The first-order chi connectivity index (χ1) is 9.90. The number of carbonyl (C=O) groups excluding carboxylic acids is 1. The second-order valence-corrected chi connectivity index (χ2v) is 5.81. The Morgan fingerprint density at radius 2 is 2.19 bits per heavy atom. The summed E-state index contributed by atoms with van der Waals surface area (Å²) in [6.07, 6.45) is 0. The zero-order valence-corrected chi connectivity index (χ0v) is 13.1. The van der Waals surface area contributed by atoms with Gasteiger partial charge in [-0.2, -0.15) is 0 Å². The van der Waals surface area contributed by atoms with E-state index in [1.165, 1.54) is 11.3 Å². The number of amides is 1. The van der Waals surface area contributed by atoms with Crippen LogP contribution in [0.5, 0.6) is 0 Å². The van der Waals surface area contributed by atoms with Crippen molar-refractivity contribution < 1.29 is 9.72 Å². The van der Waals surface area contributed by atoms with Crippen LogP contribution in [0.25, 0.3) is 0 Å². The second-order valence-electron chi connectivity index (χ2n) is 4.09.